The van der Waals surface area contributed by atoms with Gasteiger partial charge in [0.2, 0.25) is 5.56 Å². The first-order chi connectivity index (χ1) is 7.68. The summed E-state index contributed by atoms with van der Waals surface area (Å²) in [4.78, 5) is 25.0. The Hall–Kier alpha value is -1.62. The highest BCUT2D eigenvalue weighted by Gasteiger charge is 2.17. The van der Waals surface area contributed by atoms with Crippen LogP contribution in [0.1, 0.15) is 10.4 Å². The SMILES string of the molecule is Cn1cc(C(=O)N2CCNCC2)ccc1=O. The van der Waals surface area contributed by atoms with E-state index < -0.39 is 0 Å². The smallest absolute Gasteiger partial charge is 0.255 e. The van der Waals surface area contributed by atoms with Crippen molar-refractivity contribution < 1.29 is 4.79 Å². The van der Waals surface area contributed by atoms with Crippen molar-refractivity contribution in [3.63, 3.8) is 0 Å². The van der Waals surface area contributed by atoms with Crippen LogP contribution in [0.2, 0.25) is 0 Å². The van der Waals surface area contributed by atoms with Crippen LogP contribution in [-0.4, -0.2) is 41.6 Å². The fraction of sp³-hybridized carbons (Fsp3) is 0.455. The fourth-order valence-electron chi connectivity index (χ4n) is 1.77. The topological polar surface area (TPSA) is 54.3 Å². The minimum Gasteiger partial charge on any atom is -0.336 e. The number of aromatic nitrogens is 1. The standard InChI is InChI=1S/C11H15N3O2/c1-13-8-9(2-3-10(13)15)11(16)14-6-4-12-5-7-14/h2-3,8,12H,4-7H2,1H3. The molecule has 1 aromatic rings. The highest BCUT2D eigenvalue weighted by molar-refractivity contribution is 5.93. The molecule has 2 heterocycles. The predicted molar refractivity (Wildman–Crippen MR) is 60.5 cm³/mol. The number of carbonyl (C=O) groups is 1. The minimum absolute atomic E-state index is 0.00269. The van der Waals surface area contributed by atoms with Gasteiger partial charge in [0.05, 0.1) is 5.56 Å². The first-order valence-electron chi connectivity index (χ1n) is 5.35. The molecule has 0 atom stereocenters. The maximum atomic E-state index is 12.0. The van der Waals surface area contributed by atoms with Gasteiger partial charge in [0.15, 0.2) is 0 Å². The highest BCUT2D eigenvalue weighted by atomic mass is 16.2. The van der Waals surface area contributed by atoms with Gasteiger partial charge < -0.3 is 14.8 Å². The molecule has 0 radical (unpaired) electrons. The molecule has 1 aromatic heterocycles. The van der Waals surface area contributed by atoms with Crippen LogP contribution < -0.4 is 10.9 Å². The third-order valence-electron chi connectivity index (χ3n) is 2.74. The summed E-state index contributed by atoms with van der Waals surface area (Å²) >= 11 is 0. The van der Waals surface area contributed by atoms with Crippen molar-refractivity contribution in [3.8, 4) is 0 Å². The van der Waals surface area contributed by atoms with Gasteiger partial charge in [0, 0.05) is 45.5 Å². The Morgan fingerprint density at radius 1 is 1.31 bits per heavy atom. The average Bonchev–Trinajstić information content (AvgIpc) is 2.33. The van der Waals surface area contributed by atoms with Crippen LogP contribution >= 0.6 is 0 Å². The van der Waals surface area contributed by atoms with Crippen LogP contribution in [0.25, 0.3) is 0 Å². The number of nitrogens with zero attached hydrogens (tertiary/aromatic N) is 2. The molecule has 0 aromatic carbocycles. The summed E-state index contributed by atoms with van der Waals surface area (Å²) in [6.45, 7) is 3.11. The van der Waals surface area contributed by atoms with E-state index >= 15 is 0 Å². The maximum absolute atomic E-state index is 12.0. The lowest BCUT2D eigenvalue weighted by Crippen LogP contribution is -2.46. The van der Waals surface area contributed by atoms with Crippen molar-refractivity contribution >= 4 is 5.91 Å². The van der Waals surface area contributed by atoms with Gasteiger partial charge in [-0.05, 0) is 6.07 Å². The Morgan fingerprint density at radius 3 is 2.62 bits per heavy atom. The molecule has 1 fully saturated rings. The second-order valence-electron chi connectivity index (χ2n) is 3.91. The van der Waals surface area contributed by atoms with E-state index in [9.17, 15) is 9.59 Å². The Bertz CT molecular complexity index is 447. The van der Waals surface area contributed by atoms with Gasteiger partial charge in [0.1, 0.15) is 0 Å². The number of carbonyl (C=O) groups excluding carboxylic acids is 1. The molecule has 0 spiro atoms. The number of nitrogens with one attached hydrogen (secondary N) is 1. The average molecular weight is 221 g/mol. The molecule has 0 unspecified atom stereocenters. The molecule has 0 saturated carbocycles. The molecule has 0 bridgehead atoms. The Morgan fingerprint density at radius 2 is 2.00 bits per heavy atom. The van der Waals surface area contributed by atoms with E-state index in [2.05, 4.69) is 5.32 Å². The third-order valence-corrected chi connectivity index (χ3v) is 2.74. The molecule has 1 aliphatic heterocycles. The molecule has 2 rings (SSSR count). The third kappa shape index (κ3) is 2.14. The van der Waals surface area contributed by atoms with Crippen molar-refractivity contribution in [3.05, 3.63) is 34.2 Å². The Labute approximate surface area is 93.7 Å². The molecule has 16 heavy (non-hydrogen) atoms. The van der Waals surface area contributed by atoms with Crippen molar-refractivity contribution in [1.29, 1.82) is 0 Å². The van der Waals surface area contributed by atoms with Gasteiger partial charge in [-0.3, -0.25) is 9.59 Å². The lowest BCUT2D eigenvalue weighted by molar-refractivity contribution is 0.0735. The molecule has 5 nitrogen and oxygen atoms in total. The van der Waals surface area contributed by atoms with Crippen LogP contribution in [-0.2, 0) is 7.05 Å². The lowest BCUT2D eigenvalue weighted by atomic mass is 10.2. The van der Waals surface area contributed by atoms with Crippen LogP contribution in [0.3, 0.4) is 0 Å². The van der Waals surface area contributed by atoms with E-state index in [0.29, 0.717) is 5.56 Å². The quantitative estimate of drug-likeness (QED) is 0.691. The van der Waals surface area contributed by atoms with Crippen LogP contribution in [0.15, 0.2) is 23.1 Å². The molecular formula is C11H15N3O2. The minimum atomic E-state index is -0.100. The van der Waals surface area contributed by atoms with Crippen molar-refractivity contribution in [1.82, 2.24) is 14.8 Å². The predicted octanol–water partition coefficient (Wildman–Crippen LogP) is -0.569. The van der Waals surface area contributed by atoms with Crippen molar-refractivity contribution in [2.75, 3.05) is 26.2 Å². The molecule has 1 aliphatic rings. The number of rotatable bonds is 1. The summed E-state index contributed by atoms with van der Waals surface area (Å²) in [6, 6.07) is 3.02. The van der Waals surface area contributed by atoms with Gasteiger partial charge in [-0.15, -0.1) is 0 Å². The number of hydrogen-bond acceptors (Lipinski definition) is 3. The van der Waals surface area contributed by atoms with Crippen LogP contribution in [0, 0.1) is 0 Å². The van der Waals surface area contributed by atoms with E-state index in [1.165, 1.54) is 10.6 Å². The second kappa shape index (κ2) is 4.49. The van der Waals surface area contributed by atoms with Gasteiger partial charge in [-0.25, -0.2) is 0 Å². The lowest BCUT2D eigenvalue weighted by Gasteiger charge is -2.27. The fourth-order valence-corrected chi connectivity index (χ4v) is 1.77. The number of aryl methyl sites for hydroxylation is 1. The van der Waals surface area contributed by atoms with E-state index in [0.717, 1.165) is 26.2 Å². The van der Waals surface area contributed by atoms with E-state index in [-0.39, 0.29) is 11.5 Å². The molecular weight excluding hydrogens is 206 g/mol. The summed E-state index contributed by atoms with van der Waals surface area (Å²) in [5.41, 5.74) is 0.473. The molecule has 86 valence electrons. The molecule has 0 aliphatic carbocycles. The van der Waals surface area contributed by atoms with Crippen molar-refractivity contribution in [2.24, 2.45) is 7.05 Å². The number of pyridine rings is 1. The van der Waals surface area contributed by atoms with Gasteiger partial charge in [-0.2, -0.15) is 0 Å². The zero-order chi connectivity index (χ0) is 11.5. The highest BCUT2D eigenvalue weighted by Crippen LogP contribution is 2.03. The summed E-state index contributed by atoms with van der Waals surface area (Å²) < 4.78 is 1.43. The number of amides is 1. The van der Waals surface area contributed by atoms with E-state index in [4.69, 9.17) is 0 Å². The van der Waals surface area contributed by atoms with Crippen LogP contribution in [0.4, 0.5) is 0 Å². The summed E-state index contributed by atoms with van der Waals surface area (Å²) in [7, 11) is 1.65. The van der Waals surface area contributed by atoms with E-state index in [1.54, 1.807) is 24.2 Å². The summed E-state index contributed by atoms with van der Waals surface area (Å²) in [6.07, 6.45) is 1.59. The molecule has 1 N–H and O–H groups in total. The molecule has 1 saturated heterocycles. The Balaban J connectivity index is 2.19. The van der Waals surface area contributed by atoms with Gasteiger partial charge >= 0.3 is 0 Å². The largest absolute Gasteiger partial charge is 0.336 e. The maximum Gasteiger partial charge on any atom is 0.255 e. The summed E-state index contributed by atoms with van der Waals surface area (Å²) in [5.74, 6) is -0.00269. The number of piperazine rings is 1. The molecule has 1 amide bonds. The first-order valence-corrected chi connectivity index (χ1v) is 5.35. The monoisotopic (exact) mass is 221 g/mol. The normalized spacial score (nSPS) is 16.2. The zero-order valence-corrected chi connectivity index (χ0v) is 9.27. The summed E-state index contributed by atoms with van der Waals surface area (Å²) in [5, 5.41) is 3.19. The molecule has 5 heteroatoms. The van der Waals surface area contributed by atoms with Crippen LogP contribution in [0.5, 0.6) is 0 Å². The van der Waals surface area contributed by atoms with Crippen molar-refractivity contribution in [2.45, 2.75) is 0 Å². The Kier molecular flexibility index (Phi) is 3.05. The first kappa shape index (κ1) is 10.9. The van der Waals surface area contributed by atoms with E-state index in [1.807, 2.05) is 0 Å². The van der Waals surface area contributed by atoms with Gasteiger partial charge in [0.25, 0.3) is 5.91 Å². The van der Waals surface area contributed by atoms with Gasteiger partial charge in [-0.1, -0.05) is 0 Å². The second-order valence-corrected chi connectivity index (χ2v) is 3.91. The number of hydrogen-bond donors (Lipinski definition) is 1. The zero-order valence-electron chi connectivity index (χ0n) is 9.27.